The van der Waals surface area contributed by atoms with Crippen molar-refractivity contribution < 1.29 is 19.4 Å². The van der Waals surface area contributed by atoms with E-state index in [9.17, 15) is 14.7 Å². The van der Waals surface area contributed by atoms with Gasteiger partial charge in [0.05, 0.1) is 17.8 Å². The van der Waals surface area contributed by atoms with Gasteiger partial charge in [-0.15, -0.1) is 0 Å². The first-order valence-electron chi connectivity index (χ1n) is 10.4. The van der Waals surface area contributed by atoms with Gasteiger partial charge in [0.1, 0.15) is 24.3 Å². The molecule has 0 saturated heterocycles. The van der Waals surface area contributed by atoms with Crippen LogP contribution in [-0.4, -0.2) is 49.9 Å². The summed E-state index contributed by atoms with van der Waals surface area (Å²) < 4.78 is 7.02. The number of amides is 1. The van der Waals surface area contributed by atoms with Crippen LogP contribution in [0.5, 0.6) is 5.88 Å². The Labute approximate surface area is 195 Å². The summed E-state index contributed by atoms with van der Waals surface area (Å²) in [5.74, 6) is -1.14. The fourth-order valence-electron chi connectivity index (χ4n) is 3.85. The average molecular weight is 471 g/mol. The standard InChI is InChI=1S/C22H23ClN6O4/c1-3-6-22(2,21(31)32)29-11-13(10-27-29)15-5-4-14(9-16(15)23)28-7-8-33-19-17(20(28)30)18(24)25-12-26-19/h4-5,9-12H,3,6-8H2,1-2H3,(H,31,32)(H2,24,25,26). The fraction of sp³-hybridized carbons (Fsp3) is 0.318. The highest BCUT2D eigenvalue weighted by Crippen LogP contribution is 2.35. The Morgan fingerprint density at radius 2 is 2.15 bits per heavy atom. The second-order valence-electron chi connectivity index (χ2n) is 7.91. The summed E-state index contributed by atoms with van der Waals surface area (Å²) in [4.78, 5) is 34.4. The van der Waals surface area contributed by atoms with Crippen molar-refractivity contribution >= 4 is 35.0 Å². The van der Waals surface area contributed by atoms with Gasteiger partial charge in [-0.1, -0.05) is 31.0 Å². The van der Waals surface area contributed by atoms with Gasteiger partial charge in [0, 0.05) is 23.0 Å². The molecule has 172 valence electrons. The number of carbonyl (C=O) groups excluding carboxylic acids is 1. The van der Waals surface area contributed by atoms with Crippen LogP contribution in [0.15, 0.2) is 36.9 Å². The van der Waals surface area contributed by atoms with Crippen LogP contribution in [0.4, 0.5) is 11.5 Å². The number of aliphatic carboxylic acids is 1. The highest BCUT2D eigenvalue weighted by molar-refractivity contribution is 6.33. The number of hydrogen-bond donors (Lipinski definition) is 2. The normalized spacial score (nSPS) is 15.4. The van der Waals surface area contributed by atoms with E-state index in [0.29, 0.717) is 34.7 Å². The molecule has 10 nitrogen and oxygen atoms in total. The molecule has 0 fully saturated rings. The van der Waals surface area contributed by atoms with E-state index in [1.807, 2.05) is 6.92 Å². The predicted octanol–water partition coefficient (Wildman–Crippen LogP) is 3.21. The highest BCUT2D eigenvalue weighted by Gasteiger charge is 2.35. The monoisotopic (exact) mass is 470 g/mol. The van der Waals surface area contributed by atoms with E-state index in [1.165, 1.54) is 15.9 Å². The average Bonchev–Trinajstić information content (AvgIpc) is 3.20. The lowest BCUT2D eigenvalue weighted by molar-refractivity contribution is -0.147. The number of anilines is 2. The van der Waals surface area contributed by atoms with Crippen LogP contribution < -0.4 is 15.4 Å². The number of carboxylic acids is 1. The van der Waals surface area contributed by atoms with E-state index in [1.54, 1.807) is 37.5 Å². The predicted molar refractivity (Wildman–Crippen MR) is 122 cm³/mol. The van der Waals surface area contributed by atoms with Gasteiger partial charge >= 0.3 is 5.97 Å². The molecule has 11 heteroatoms. The lowest BCUT2D eigenvalue weighted by Crippen LogP contribution is -2.39. The first-order valence-corrected chi connectivity index (χ1v) is 10.8. The second-order valence-corrected chi connectivity index (χ2v) is 8.32. The number of aromatic nitrogens is 4. The third kappa shape index (κ3) is 3.97. The van der Waals surface area contributed by atoms with Crippen LogP contribution in [0.2, 0.25) is 5.02 Å². The van der Waals surface area contributed by atoms with Crippen LogP contribution in [0.3, 0.4) is 0 Å². The minimum atomic E-state index is -1.16. The third-order valence-electron chi connectivity index (χ3n) is 5.72. The molecule has 0 saturated carbocycles. The van der Waals surface area contributed by atoms with Gasteiger partial charge in [-0.05, 0) is 25.5 Å². The van der Waals surface area contributed by atoms with Gasteiger partial charge in [-0.3, -0.25) is 9.48 Å². The molecule has 0 aliphatic carbocycles. The number of hydrogen-bond acceptors (Lipinski definition) is 7. The van der Waals surface area contributed by atoms with Gasteiger partial charge in [-0.25, -0.2) is 14.8 Å². The number of nitrogen functional groups attached to an aromatic ring is 1. The van der Waals surface area contributed by atoms with E-state index < -0.39 is 11.5 Å². The molecule has 1 amide bonds. The van der Waals surface area contributed by atoms with Crippen molar-refractivity contribution in [3.63, 3.8) is 0 Å². The molecule has 0 radical (unpaired) electrons. The molecule has 1 aliphatic rings. The number of nitrogens with zero attached hydrogens (tertiary/aromatic N) is 5. The molecule has 0 spiro atoms. The summed E-state index contributed by atoms with van der Waals surface area (Å²) in [6.45, 7) is 4.07. The van der Waals surface area contributed by atoms with Crippen molar-refractivity contribution in [2.75, 3.05) is 23.8 Å². The van der Waals surface area contributed by atoms with Crippen molar-refractivity contribution in [1.82, 2.24) is 19.7 Å². The van der Waals surface area contributed by atoms with Crippen LogP contribution in [0.1, 0.15) is 37.0 Å². The minimum Gasteiger partial charge on any atom is -0.479 e. The van der Waals surface area contributed by atoms with E-state index in [0.717, 1.165) is 0 Å². The van der Waals surface area contributed by atoms with E-state index in [2.05, 4.69) is 15.1 Å². The van der Waals surface area contributed by atoms with E-state index in [-0.39, 0.29) is 36.3 Å². The number of fused-ring (bicyclic) bond motifs is 1. The SMILES string of the molecule is CCCC(C)(C(=O)O)n1cc(-c2ccc(N3CCOc4ncnc(N)c4C3=O)cc2Cl)cn1. The fourth-order valence-corrected chi connectivity index (χ4v) is 4.14. The van der Waals surface area contributed by atoms with Crippen molar-refractivity contribution in [2.45, 2.75) is 32.2 Å². The highest BCUT2D eigenvalue weighted by atomic mass is 35.5. The van der Waals surface area contributed by atoms with Crippen molar-refractivity contribution in [2.24, 2.45) is 0 Å². The summed E-state index contributed by atoms with van der Waals surface area (Å²) in [6, 6.07) is 5.19. The molecule has 2 aromatic heterocycles. The van der Waals surface area contributed by atoms with Crippen LogP contribution in [-0.2, 0) is 10.3 Å². The Kier molecular flexibility index (Phi) is 5.94. The molecule has 1 unspecified atom stereocenters. The lowest BCUT2D eigenvalue weighted by Gasteiger charge is -2.24. The number of ether oxygens (including phenoxy) is 1. The first-order chi connectivity index (χ1) is 15.8. The van der Waals surface area contributed by atoms with Crippen LogP contribution in [0, 0.1) is 0 Å². The maximum atomic E-state index is 13.1. The van der Waals surface area contributed by atoms with Gasteiger partial charge in [-0.2, -0.15) is 5.10 Å². The van der Waals surface area contributed by atoms with Gasteiger partial charge in [0.25, 0.3) is 5.91 Å². The lowest BCUT2D eigenvalue weighted by atomic mass is 9.96. The number of benzene rings is 1. The van der Waals surface area contributed by atoms with E-state index >= 15 is 0 Å². The summed E-state index contributed by atoms with van der Waals surface area (Å²) in [7, 11) is 0. The Morgan fingerprint density at radius 1 is 1.36 bits per heavy atom. The van der Waals surface area contributed by atoms with Crippen molar-refractivity contribution in [3.8, 4) is 17.0 Å². The quantitative estimate of drug-likeness (QED) is 0.560. The first kappa shape index (κ1) is 22.5. The summed E-state index contributed by atoms with van der Waals surface area (Å²) in [6.07, 6.45) is 5.63. The minimum absolute atomic E-state index is 0.0422. The molecule has 3 heterocycles. The third-order valence-corrected chi connectivity index (χ3v) is 6.03. The van der Waals surface area contributed by atoms with Crippen molar-refractivity contribution in [3.05, 3.63) is 47.5 Å². The number of nitrogens with two attached hydrogens (primary N) is 1. The Bertz CT molecular complexity index is 1230. The summed E-state index contributed by atoms with van der Waals surface area (Å²) in [5, 5.41) is 14.4. The number of carbonyl (C=O) groups is 2. The number of carboxylic acid groups (broad SMARTS) is 1. The van der Waals surface area contributed by atoms with Gasteiger partial charge in [0.15, 0.2) is 5.54 Å². The molecule has 3 aromatic rings. The van der Waals surface area contributed by atoms with Crippen LogP contribution >= 0.6 is 11.6 Å². The molecule has 3 N–H and O–H groups in total. The zero-order valence-electron chi connectivity index (χ0n) is 18.2. The topological polar surface area (TPSA) is 136 Å². The smallest absolute Gasteiger partial charge is 0.331 e. The molecule has 1 aromatic carbocycles. The molecule has 1 aliphatic heterocycles. The zero-order chi connectivity index (χ0) is 23.8. The Balaban J connectivity index is 1.66. The Morgan fingerprint density at radius 3 is 2.85 bits per heavy atom. The zero-order valence-corrected chi connectivity index (χ0v) is 18.9. The maximum Gasteiger partial charge on any atom is 0.331 e. The molecular weight excluding hydrogens is 448 g/mol. The molecular formula is C22H23ClN6O4. The van der Waals surface area contributed by atoms with Crippen LogP contribution in [0.25, 0.3) is 11.1 Å². The number of rotatable bonds is 6. The van der Waals surface area contributed by atoms with Gasteiger partial charge in [0.2, 0.25) is 5.88 Å². The number of halogens is 1. The molecule has 1 atom stereocenters. The molecule has 0 bridgehead atoms. The summed E-state index contributed by atoms with van der Waals surface area (Å²) in [5.41, 5.74) is 6.74. The van der Waals surface area contributed by atoms with Crippen molar-refractivity contribution in [1.29, 1.82) is 0 Å². The molecule has 4 rings (SSSR count). The van der Waals surface area contributed by atoms with Gasteiger partial charge < -0.3 is 20.5 Å². The summed E-state index contributed by atoms with van der Waals surface area (Å²) >= 11 is 6.58. The second kappa shape index (κ2) is 8.70. The molecule has 33 heavy (non-hydrogen) atoms. The Hall–Kier alpha value is -3.66. The maximum absolute atomic E-state index is 13.1. The largest absolute Gasteiger partial charge is 0.479 e. The van der Waals surface area contributed by atoms with E-state index in [4.69, 9.17) is 22.1 Å².